The third-order valence-electron chi connectivity index (χ3n) is 3.20. The first-order chi connectivity index (χ1) is 8.97. The summed E-state index contributed by atoms with van der Waals surface area (Å²) >= 11 is 1.52. The predicted molar refractivity (Wildman–Crippen MR) is 72.1 cm³/mol. The number of aromatic nitrogens is 1. The van der Waals surface area contributed by atoms with E-state index < -0.39 is 11.9 Å². The fraction of sp³-hybridized carbons (Fsp3) is 0.615. The van der Waals surface area contributed by atoms with Crippen LogP contribution in [0.4, 0.5) is 0 Å². The molecule has 0 aromatic carbocycles. The highest BCUT2D eigenvalue weighted by molar-refractivity contribution is 7.09. The minimum Gasteiger partial charge on any atom is -0.481 e. The van der Waals surface area contributed by atoms with E-state index in [1.807, 2.05) is 12.3 Å². The van der Waals surface area contributed by atoms with Crippen molar-refractivity contribution >= 4 is 23.2 Å². The number of carboxylic acid groups (broad SMARTS) is 1. The quantitative estimate of drug-likeness (QED) is 0.862. The highest BCUT2D eigenvalue weighted by Gasteiger charge is 2.34. The maximum Gasteiger partial charge on any atom is 0.308 e. The fourth-order valence-electron chi connectivity index (χ4n) is 1.96. The van der Waals surface area contributed by atoms with Gasteiger partial charge in [-0.2, -0.15) is 0 Å². The van der Waals surface area contributed by atoms with Gasteiger partial charge in [0.2, 0.25) is 5.91 Å². The lowest BCUT2D eigenvalue weighted by Gasteiger charge is -2.24. The van der Waals surface area contributed by atoms with Crippen LogP contribution in [0.5, 0.6) is 0 Å². The Labute approximate surface area is 116 Å². The maximum absolute atomic E-state index is 12.3. The molecule has 1 heterocycles. The number of hydrogen-bond acceptors (Lipinski definition) is 4. The van der Waals surface area contributed by atoms with Crippen LogP contribution in [-0.4, -0.2) is 39.5 Å². The van der Waals surface area contributed by atoms with Crippen molar-refractivity contribution < 1.29 is 14.7 Å². The molecule has 1 N–H and O–H groups in total. The zero-order valence-corrected chi connectivity index (χ0v) is 11.9. The number of carbonyl (C=O) groups is 2. The zero-order valence-electron chi connectivity index (χ0n) is 11.1. The number of amides is 1. The highest BCUT2D eigenvalue weighted by atomic mass is 32.1. The summed E-state index contributed by atoms with van der Waals surface area (Å²) in [4.78, 5) is 29.2. The van der Waals surface area contributed by atoms with Gasteiger partial charge in [-0.1, -0.05) is 6.92 Å². The van der Waals surface area contributed by atoms with Gasteiger partial charge >= 0.3 is 5.97 Å². The molecule has 5 nitrogen and oxygen atoms in total. The first-order valence-electron chi connectivity index (χ1n) is 6.40. The first-order valence-corrected chi connectivity index (χ1v) is 7.28. The third-order valence-corrected chi connectivity index (χ3v) is 4.02. The van der Waals surface area contributed by atoms with E-state index in [1.54, 1.807) is 11.8 Å². The topological polar surface area (TPSA) is 70.5 Å². The van der Waals surface area contributed by atoms with Crippen LogP contribution < -0.4 is 0 Å². The summed E-state index contributed by atoms with van der Waals surface area (Å²) in [6, 6.07) is 0.231. The van der Waals surface area contributed by atoms with E-state index in [9.17, 15) is 9.59 Å². The molecule has 1 aliphatic rings. The summed E-state index contributed by atoms with van der Waals surface area (Å²) in [6.45, 7) is 3.84. The summed E-state index contributed by atoms with van der Waals surface area (Å²) in [5.74, 6) is -1.40. The molecule has 0 aliphatic heterocycles. The molecule has 0 radical (unpaired) electrons. The van der Waals surface area contributed by atoms with Crippen molar-refractivity contribution in [2.24, 2.45) is 5.92 Å². The van der Waals surface area contributed by atoms with Crippen LogP contribution in [0.3, 0.4) is 0 Å². The standard InChI is InChI=1S/C13H18N2O3S/c1-8(13(17)18)6-15(11-3-4-11)12(16)5-10-7-19-9(2)14-10/h7-8,11H,3-6H2,1-2H3,(H,17,18). The lowest BCUT2D eigenvalue weighted by molar-refractivity contribution is -0.143. The number of rotatable bonds is 6. The van der Waals surface area contributed by atoms with E-state index in [-0.39, 0.29) is 18.4 Å². The Balaban J connectivity index is 1.98. The Bertz CT molecular complexity index is 482. The van der Waals surface area contributed by atoms with Gasteiger partial charge in [-0.05, 0) is 19.8 Å². The SMILES string of the molecule is Cc1nc(CC(=O)N(CC(C)C(=O)O)C2CC2)cs1. The van der Waals surface area contributed by atoms with Gasteiger partial charge in [-0.15, -0.1) is 11.3 Å². The van der Waals surface area contributed by atoms with Crippen molar-refractivity contribution in [3.8, 4) is 0 Å². The molecule has 19 heavy (non-hydrogen) atoms. The molecule has 1 aliphatic carbocycles. The second-order valence-corrected chi connectivity index (χ2v) is 6.11. The molecule has 1 saturated carbocycles. The maximum atomic E-state index is 12.3. The van der Waals surface area contributed by atoms with Gasteiger partial charge in [0.15, 0.2) is 0 Å². The number of nitrogens with zero attached hydrogens (tertiary/aromatic N) is 2. The molecule has 6 heteroatoms. The molecule has 1 unspecified atom stereocenters. The minimum absolute atomic E-state index is 0.0131. The molecule has 0 spiro atoms. The number of thiazole rings is 1. The summed E-state index contributed by atoms with van der Waals surface area (Å²) in [5.41, 5.74) is 0.779. The Morgan fingerprint density at radius 3 is 2.74 bits per heavy atom. The van der Waals surface area contributed by atoms with Crippen LogP contribution in [0.2, 0.25) is 0 Å². The van der Waals surface area contributed by atoms with E-state index in [0.29, 0.717) is 6.54 Å². The van der Waals surface area contributed by atoms with Crippen molar-refractivity contribution in [3.05, 3.63) is 16.1 Å². The summed E-state index contributed by atoms with van der Waals surface area (Å²) in [6.07, 6.45) is 2.23. The lowest BCUT2D eigenvalue weighted by atomic mass is 10.1. The van der Waals surface area contributed by atoms with E-state index in [4.69, 9.17) is 5.11 Å². The average molecular weight is 282 g/mol. The molecule has 1 aromatic heterocycles. The number of carboxylic acids is 1. The number of carbonyl (C=O) groups excluding carboxylic acids is 1. The van der Waals surface area contributed by atoms with Crippen molar-refractivity contribution in [1.29, 1.82) is 0 Å². The molecule has 1 fully saturated rings. The molecule has 2 rings (SSSR count). The van der Waals surface area contributed by atoms with Gasteiger partial charge in [0.1, 0.15) is 0 Å². The van der Waals surface area contributed by atoms with Crippen LogP contribution in [0.15, 0.2) is 5.38 Å². The lowest BCUT2D eigenvalue weighted by Crippen LogP contribution is -2.39. The molecule has 1 atom stereocenters. The molecule has 104 valence electrons. The Kier molecular flexibility index (Phi) is 4.19. The predicted octanol–water partition coefficient (Wildman–Crippen LogP) is 1.71. The minimum atomic E-state index is -0.858. The zero-order chi connectivity index (χ0) is 14.0. The van der Waals surface area contributed by atoms with Crippen LogP contribution in [0, 0.1) is 12.8 Å². The van der Waals surface area contributed by atoms with E-state index >= 15 is 0 Å². The molecule has 0 bridgehead atoms. The van der Waals surface area contributed by atoms with E-state index in [1.165, 1.54) is 11.3 Å². The van der Waals surface area contributed by atoms with Gasteiger partial charge in [0, 0.05) is 18.0 Å². The van der Waals surface area contributed by atoms with Crippen LogP contribution in [-0.2, 0) is 16.0 Å². The molecular formula is C13H18N2O3S. The van der Waals surface area contributed by atoms with Gasteiger partial charge in [0.25, 0.3) is 0 Å². The van der Waals surface area contributed by atoms with Crippen LogP contribution in [0.1, 0.15) is 30.5 Å². The number of aliphatic carboxylic acids is 1. The van der Waals surface area contributed by atoms with Gasteiger partial charge in [0.05, 0.1) is 23.0 Å². The summed E-state index contributed by atoms with van der Waals surface area (Å²) < 4.78 is 0. The third kappa shape index (κ3) is 3.76. The van der Waals surface area contributed by atoms with Crippen molar-refractivity contribution in [2.45, 2.75) is 39.2 Å². The van der Waals surface area contributed by atoms with Crippen LogP contribution >= 0.6 is 11.3 Å². The van der Waals surface area contributed by atoms with Gasteiger partial charge < -0.3 is 10.0 Å². The average Bonchev–Trinajstić information content (AvgIpc) is 3.10. The fourth-order valence-corrected chi connectivity index (χ4v) is 2.57. The second kappa shape index (κ2) is 5.69. The van der Waals surface area contributed by atoms with Gasteiger partial charge in [-0.25, -0.2) is 4.98 Å². The van der Waals surface area contributed by atoms with Gasteiger partial charge in [-0.3, -0.25) is 9.59 Å². The smallest absolute Gasteiger partial charge is 0.308 e. The summed E-state index contributed by atoms with van der Waals surface area (Å²) in [7, 11) is 0. The second-order valence-electron chi connectivity index (χ2n) is 5.05. The van der Waals surface area contributed by atoms with E-state index in [2.05, 4.69) is 4.98 Å². The molecular weight excluding hydrogens is 264 g/mol. The molecule has 1 aromatic rings. The molecule has 1 amide bonds. The number of aryl methyl sites for hydroxylation is 1. The monoisotopic (exact) mass is 282 g/mol. The van der Waals surface area contributed by atoms with Crippen LogP contribution in [0.25, 0.3) is 0 Å². The van der Waals surface area contributed by atoms with Crippen molar-refractivity contribution in [1.82, 2.24) is 9.88 Å². The van der Waals surface area contributed by atoms with E-state index in [0.717, 1.165) is 23.5 Å². The molecule has 0 saturated heterocycles. The summed E-state index contributed by atoms with van der Waals surface area (Å²) in [5, 5.41) is 11.8. The Morgan fingerprint density at radius 2 is 2.26 bits per heavy atom. The number of hydrogen-bond donors (Lipinski definition) is 1. The Morgan fingerprint density at radius 1 is 1.58 bits per heavy atom. The normalized spacial score (nSPS) is 16.1. The van der Waals surface area contributed by atoms with Crippen molar-refractivity contribution in [2.75, 3.05) is 6.54 Å². The largest absolute Gasteiger partial charge is 0.481 e. The Hall–Kier alpha value is -1.43. The van der Waals surface area contributed by atoms with Crippen molar-refractivity contribution in [3.63, 3.8) is 0 Å². The first kappa shape index (κ1) is 14.0. The highest BCUT2D eigenvalue weighted by Crippen LogP contribution is 2.28.